The molecule has 0 aliphatic carbocycles. The van der Waals surface area contributed by atoms with Crippen molar-refractivity contribution in [1.82, 2.24) is 10.2 Å². The minimum atomic E-state index is -0.163. The molecular weight excluding hydrogens is 240 g/mol. The molecule has 0 radical (unpaired) electrons. The topological polar surface area (TPSA) is 41.6 Å². The minimum absolute atomic E-state index is 0.155. The molecule has 19 heavy (non-hydrogen) atoms. The molecule has 2 aliphatic rings. The second-order valence-corrected chi connectivity index (χ2v) is 6.28. The summed E-state index contributed by atoms with van der Waals surface area (Å²) < 4.78 is 5.74. The van der Waals surface area contributed by atoms with Crippen molar-refractivity contribution in [2.45, 2.75) is 58.7 Å². The van der Waals surface area contributed by atoms with Gasteiger partial charge in [-0.15, -0.1) is 0 Å². The standard InChI is InChI=1S/C15H28N2O2/c1-4-6-15(7-5-8-16-11-15)14(18)17-9-12(2)19-13(3)10-17/h12-13,16H,4-11H2,1-3H3/t12-,13+,15?. The van der Waals surface area contributed by atoms with E-state index in [-0.39, 0.29) is 17.6 Å². The van der Waals surface area contributed by atoms with Gasteiger partial charge >= 0.3 is 0 Å². The summed E-state index contributed by atoms with van der Waals surface area (Å²) >= 11 is 0. The third kappa shape index (κ3) is 3.29. The Hall–Kier alpha value is -0.610. The van der Waals surface area contributed by atoms with Gasteiger partial charge < -0.3 is 15.0 Å². The molecule has 2 aliphatic heterocycles. The Labute approximate surface area is 116 Å². The monoisotopic (exact) mass is 268 g/mol. The maximum Gasteiger partial charge on any atom is 0.230 e. The first kappa shape index (κ1) is 14.8. The van der Waals surface area contributed by atoms with Gasteiger partial charge in [0.2, 0.25) is 5.91 Å². The quantitative estimate of drug-likeness (QED) is 0.848. The fourth-order valence-corrected chi connectivity index (χ4v) is 3.63. The highest BCUT2D eigenvalue weighted by Crippen LogP contribution is 2.34. The third-order valence-electron chi connectivity index (χ3n) is 4.36. The van der Waals surface area contributed by atoms with E-state index >= 15 is 0 Å². The van der Waals surface area contributed by atoms with E-state index in [0.29, 0.717) is 5.91 Å². The first-order valence-electron chi connectivity index (χ1n) is 7.73. The second kappa shape index (κ2) is 6.23. The summed E-state index contributed by atoms with van der Waals surface area (Å²) in [5.41, 5.74) is -0.163. The smallest absolute Gasteiger partial charge is 0.230 e. The molecule has 3 atom stereocenters. The van der Waals surface area contributed by atoms with Crippen LogP contribution in [0.2, 0.25) is 0 Å². The Morgan fingerprint density at radius 2 is 2.05 bits per heavy atom. The van der Waals surface area contributed by atoms with Crippen molar-refractivity contribution in [3.63, 3.8) is 0 Å². The average Bonchev–Trinajstić information content (AvgIpc) is 2.38. The van der Waals surface area contributed by atoms with Gasteiger partial charge in [0.15, 0.2) is 0 Å². The van der Waals surface area contributed by atoms with E-state index in [2.05, 4.69) is 26.1 Å². The summed E-state index contributed by atoms with van der Waals surface area (Å²) in [6, 6.07) is 0. The summed E-state index contributed by atoms with van der Waals surface area (Å²) in [5.74, 6) is 0.351. The van der Waals surface area contributed by atoms with Gasteiger partial charge in [-0.3, -0.25) is 4.79 Å². The number of rotatable bonds is 3. The van der Waals surface area contributed by atoms with E-state index in [0.717, 1.165) is 51.9 Å². The van der Waals surface area contributed by atoms with E-state index in [4.69, 9.17) is 4.74 Å². The lowest BCUT2D eigenvalue weighted by molar-refractivity contribution is -0.155. The second-order valence-electron chi connectivity index (χ2n) is 6.28. The van der Waals surface area contributed by atoms with Crippen LogP contribution in [0.3, 0.4) is 0 Å². The van der Waals surface area contributed by atoms with Crippen molar-refractivity contribution in [3.8, 4) is 0 Å². The zero-order chi connectivity index (χ0) is 13.9. The lowest BCUT2D eigenvalue weighted by Gasteiger charge is -2.43. The van der Waals surface area contributed by atoms with Crippen molar-refractivity contribution in [2.24, 2.45) is 5.41 Å². The maximum absolute atomic E-state index is 13.0. The molecule has 4 heteroatoms. The molecule has 2 fully saturated rings. The summed E-state index contributed by atoms with van der Waals surface area (Å²) in [6.07, 6.45) is 4.53. The molecule has 0 aromatic carbocycles. The van der Waals surface area contributed by atoms with Crippen LogP contribution in [0.1, 0.15) is 46.5 Å². The fourth-order valence-electron chi connectivity index (χ4n) is 3.63. The molecule has 0 aromatic heterocycles. The highest BCUT2D eigenvalue weighted by Gasteiger charge is 2.42. The molecule has 0 spiro atoms. The van der Waals surface area contributed by atoms with Gasteiger partial charge in [0, 0.05) is 19.6 Å². The molecule has 1 unspecified atom stereocenters. The van der Waals surface area contributed by atoms with Crippen LogP contribution < -0.4 is 5.32 Å². The van der Waals surface area contributed by atoms with Gasteiger partial charge in [0.05, 0.1) is 17.6 Å². The molecule has 2 rings (SSSR count). The molecule has 1 amide bonds. The van der Waals surface area contributed by atoms with Crippen LogP contribution in [0.4, 0.5) is 0 Å². The number of piperidine rings is 1. The SMILES string of the molecule is CCCC1(C(=O)N2C[C@@H](C)O[C@@H](C)C2)CCCNC1. The molecule has 1 N–H and O–H groups in total. The largest absolute Gasteiger partial charge is 0.372 e. The van der Waals surface area contributed by atoms with E-state index in [1.165, 1.54) is 0 Å². The van der Waals surface area contributed by atoms with Gasteiger partial charge in [-0.05, 0) is 39.7 Å². The predicted octanol–water partition coefficient (Wildman–Crippen LogP) is 1.79. The van der Waals surface area contributed by atoms with Gasteiger partial charge in [0.1, 0.15) is 0 Å². The van der Waals surface area contributed by atoms with Crippen LogP contribution in [0, 0.1) is 5.41 Å². The lowest BCUT2D eigenvalue weighted by atomic mass is 9.75. The Balaban J connectivity index is 2.10. The van der Waals surface area contributed by atoms with E-state index in [9.17, 15) is 4.79 Å². The number of carbonyl (C=O) groups is 1. The molecule has 110 valence electrons. The summed E-state index contributed by atoms with van der Waals surface area (Å²) in [5, 5.41) is 3.42. The summed E-state index contributed by atoms with van der Waals surface area (Å²) in [7, 11) is 0. The number of nitrogens with zero attached hydrogens (tertiary/aromatic N) is 1. The van der Waals surface area contributed by atoms with Gasteiger partial charge in [0.25, 0.3) is 0 Å². The maximum atomic E-state index is 13.0. The molecule has 4 nitrogen and oxygen atoms in total. The summed E-state index contributed by atoms with van der Waals surface area (Å²) in [6.45, 7) is 9.68. The first-order chi connectivity index (χ1) is 9.07. The van der Waals surface area contributed by atoms with Gasteiger partial charge in [-0.2, -0.15) is 0 Å². The third-order valence-corrected chi connectivity index (χ3v) is 4.36. The zero-order valence-electron chi connectivity index (χ0n) is 12.6. The Morgan fingerprint density at radius 3 is 2.58 bits per heavy atom. The average molecular weight is 268 g/mol. The van der Waals surface area contributed by atoms with Crippen LogP contribution >= 0.6 is 0 Å². The van der Waals surface area contributed by atoms with Crippen molar-refractivity contribution in [2.75, 3.05) is 26.2 Å². The number of hydrogen-bond donors (Lipinski definition) is 1. The minimum Gasteiger partial charge on any atom is -0.372 e. The van der Waals surface area contributed by atoms with Crippen molar-refractivity contribution in [3.05, 3.63) is 0 Å². The number of carbonyl (C=O) groups excluding carboxylic acids is 1. The van der Waals surface area contributed by atoms with E-state index in [1.807, 2.05) is 4.90 Å². The molecule has 0 saturated carbocycles. The Kier molecular flexibility index (Phi) is 4.85. The number of morpholine rings is 1. The number of ether oxygens (including phenoxy) is 1. The fraction of sp³-hybridized carbons (Fsp3) is 0.933. The predicted molar refractivity (Wildman–Crippen MR) is 76.0 cm³/mol. The summed E-state index contributed by atoms with van der Waals surface area (Å²) in [4.78, 5) is 15.0. The molecule has 2 heterocycles. The van der Waals surface area contributed by atoms with Crippen LogP contribution in [0.15, 0.2) is 0 Å². The van der Waals surface area contributed by atoms with Crippen molar-refractivity contribution in [1.29, 1.82) is 0 Å². The molecule has 0 bridgehead atoms. The Morgan fingerprint density at radius 1 is 1.37 bits per heavy atom. The van der Waals surface area contributed by atoms with Crippen LogP contribution in [0.25, 0.3) is 0 Å². The van der Waals surface area contributed by atoms with E-state index in [1.54, 1.807) is 0 Å². The highest BCUT2D eigenvalue weighted by molar-refractivity contribution is 5.83. The zero-order valence-corrected chi connectivity index (χ0v) is 12.6. The number of hydrogen-bond acceptors (Lipinski definition) is 3. The Bertz CT molecular complexity index is 298. The number of nitrogens with one attached hydrogen (secondary N) is 1. The van der Waals surface area contributed by atoms with Crippen LogP contribution in [0.5, 0.6) is 0 Å². The lowest BCUT2D eigenvalue weighted by Crippen LogP contribution is -2.57. The number of amides is 1. The van der Waals surface area contributed by atoms with Gasteiger partial charge in [-0.25, -0.2) is 0 Å². The molecular formula is C15H28N2O2. The van der Waals surface area contributed by atoms with Crippen LogP contribution in [-0.2, 0) is 9.53 Å². The van der Waals surface area contributed by atoms with E-state index < -0.39 is 0 Å². The highest BCUT2D eigenvalue weighted by atomic mass is 16.5. The molecule has 2 saturated heterocycles. The first-order valence-corrected chi connectivity index (χ1v) is 7.73. The van der Waals surface area contributed by atoms with Crippen molar-refractivity contribution >= 4 is 5.91 Å². The van der Waals surface area contributed by atoms with Crippen LogP contribution in [-0.4, -0.2) is 49.2 Å². The molecule has 0 aromatic rings. The normalized spacial score (nSPS) is 36.3. The van der Waals surface area contributed by atoms with Crippen molar-refractivity contribution < 1.29 is 9.53 Å². The van der Waals surface area contributed by atoms with Gasteiger partial charge in [-0.1, -0.05) is 13.3 Å².